The Labute approximate surface area is 116 Å². The molecule has 1 fully saturated rings. The number of aromatic nitrogens is 1. The van der Waals surface area contributed by atoms with Gasteiger partial charge < -0.3 is 20.9 Å². The molecule has 4 N–H and O–H groups in total. The van der Waals surface area contributed by atoms with E-state index in [9.17, 15) is 14.4 Å². The average Bonchev–Trinajstić information content (AvgIpc) is 2.45. The molecule has 2 heterocycles. The summed E-state index contributed by atoms with van der Waals surface area (Å²) in [5.74, 6) is 0.105. The summed E-state index contributed by atoms with van der Waals surface area (Å²) in [5.41, 5.74) is 5.28. The highest BCUT2D eigenvalue weighted by atomic mass is 16.2. The normalized spacial score (nSPS) is 18.6. The van der Waals surface area contributed by atoms with Gasteiger partial charge in [0, 0.05) is 31.9 Å². The van der Waals surface area contributed by atoms with Crippen LogP contribution in [0.4, 0.5) is 4.79 Å². The second-order valence-electron chi connectivity index (χ2n) is 4.95. The molecule has 1 saturated heterocycles. The minimum absolute atomic E-state index is 0.106. The number of likely N-dealkylation sites (tertiary alicyclic amines) is 1. The summed E-state index contributed by atoms with van der Waals surface area (Å²) in [6.07, 6.45) is 3.27. The van der Waals surface area contributed by atoms with Crippen LogP contribution < -0.4 is 16.6 Å². The third-order valence-corrected chi connectivity index (χ3v) is 3.40. The number of pyridine rings is 1. The average molecular weight is 278 g/mol. The quantitative estimate of drug-likeness (QED) is 0.718. The number of rotatable bonds is 3. The SMILES string of the molecule is NC(=O)NCC1CCCN(C(=O)c2ccc(=O)[nH]c2)C1. The van der Waals surface area contributed by atoms with Crippen LogP contribution in [0.5, 0.6) is 0 Å². The number of H-pyrrole nitrogens is 1. The molecular formula is C13H18N4O3. The molecule has 1 aromatic heterocycles. The van der Waals surface area contributed by atoms with Crippen LogP contribution in [0.1, 0.15) is 23.2 Å². The molecule has 7 heteroatoms. The van der Waals surface area contributed by atoms with E-state index in [1.807, 2.05) is 0 Å². The molecule has 1 aliphatic heterocycles. The van der Waals surface area contributed by atoms with Gasteiger partial charge in [0.2, 0.25) is 5.56 Å². The second-order valence-corrected chi connectivity index (χ2v) is 4.95. The van der Waals surface area contributed by atoms with Crippen molar-refractivity contribution in [2.24, 2.45) is 11.7 Å². The second kappa shape index (κ2) is 6.23. The summed E-state index contributed by atoms with van der Waals surface area (Å²) >= 11 is 0. The lowest BCUT2D eigenvalue weighted by Gasteiger charge is -2.32. The van der Waals surface area contributed by atoms with Gasteiger partial charge in [-0.2, -0.15) is 0 Å². The molecule has 0 radical (unpaired) electrons. The number of hydrogen-bond donors (Lipinski definition) is 3. The Balaban J connectivity index is 1.97. The summed E-state index contributed by atoms with van der Waals surface area (Å²) in [5, 5.41) is 2.58. The highest BCUT2D eigenvalue weighted by Crippen LogP contribution is 2.17. The van der Waals surface area contributed by atoms with E-state index in [-0.39, 0.29) is 17.4 Å². The zero-order valence-electron chi connectivity index (χ0n) is 11.1. The van der Waals surface area contributed by atoms with Gasteiger partial charge in [-0.25, -0.2) is 4.79 Å². The maximum atomic E-state index is 12.3. The van der Waals surface area contributed by atoms with Gasteiger partial charge in [0.15, 0.2) is 0 Å². The third kappa shape index (κ3) is 3.59. The minimum atomic E-state index is -0.547. The zero-order valence-corrected chi connectivity index (χ0v) is 11.1. The first-order chi connectivity index (χ1) is 9.56. The van der Waals surface area contributed by atoms with Crippen molar-refractivity contribution >= 4 is 11.9 Å². The number of carbonyl (C=O) groups excluding carboxylic acids is 2. The van der Waals surface area contributed by atoms with Crippen molar-refractivity contribution in [3.05, 3.63) is 34.2 Å². The van der Waals surface area contributed by atoms with Crippen LogP contribution in [0.3, 0.4) is 0 Å². The van der Waals surface area contributed by atoms with Crippen molar-refractivity contribution in [3.63, 3.8) is 0 Å². The van der Waals surface area contributed by atoms with Crippen molar-refractivity contribution in [1.82, 2.24) is 15.2 Å². The molecule has 1 unspecified atom stereocenters. The fraction of sp³-hybridized carbons (Fsp3) is 0.462. The first-order valence-electron chi connectivity index (χ1n) is 6.57. The molecule has 1 aliphatic rings. The van der Waals surface area contributed by atoms with Crippen molar-refractivity contribution in [2.75, 3.05) is 19.6 Å². The molecule has 2 rings (SSSR count). The van der Waals surface area contributed by atoms with Crippen molar-refractivity contribution in [1.29, 1.82) is 0 Å². The van der Waals surface area contributed by atoms with Gasteiger partial charge in [0.25, 0.3) is 5.91 Å². The van der Waals surface area contributed by atoms with E-state index in [1.165, 1.54) is 18.3 Å². The summed E-state index contributed by atoms with van der Waals surface area (Å²) in [6.45, 7) is 1.74. The van der Waals surface area contributed by atoms with Crippen molar-refractivity contribution in [2.45, 2.75) is 12.8 Å². The van der Waals surface area contributed by atoms with Gasteiger partial charge in [-0.05, 0) is 24.8 Å². The molecular weight excluding hydrogens is 260 g/mol. The van der Waals surface area contributed by atoms with Gasteiger partial charge in [0.05, 0.1) is 5.56 Å². The standard InChI is InChI=1S/C13H18N4O3/c14-13(20)16-6-9-2-1-5-17(8-9)12(19)10-3-4-11(18)15-7-10/h3-4,7,9H,1-2,5-6,8H2,(H,15,18)(H3,14,16,20). The van der Waals surface area contributed by atoms with E-state index in [0.29, 0.717) is 25.2 Å². The van der Waals surface area contributed by atoms with Crippen LogP contribution in [0.25, 0.3) is 0 Å². The fourth-order valence-corrected chi connectivity index (χ4v) is 2.39. The first kappa shape index (κ1) is 14.1. The van der Waals surface area contributed by atoms with E-state index < -0.39 is 6.03 Å². The van der Waals surface area contributed by atoms with E-state index in [1.54, 1.807) is 4.90 Å². The minimum Gasteiger partial charge on any atom is -0.352 e. The van der Waals surface area contributed by atoms with Gasteiger partial charge >= 0.3 is 6.03 Å². The molecule has 1 aromatic rings. The highest BCUT2D eigenvalue weighted by molar-refractivity contribution is 5.93. The van der Waals surface area contributed by atoms with Gasteiger partial charge in [0.1, 0.15) is 0 Å². The predicted molar refractivity (Wildman–Crippen MR) is 73.3 cm³/mol. The number of nitrogens with two attached hydrogens (primary N) is 1. The van der Waals surface area contributed by atoms with Gasteiger partial charge in [-0.3, -0.25) is 9.59 Å². The largest absolute Gasteiger partial charge is 0.352 e. The Kier molecular flexibility index (Phi) is 4.39. The van der Waals surface area contributed by atoms with Crippen LogP contribution >= 0.6 is 0 Å². The Morgan fingerprint density at radius 2 is 2.25 bits per heavy atom. The molecule has 108 valence electrons. The third-order valence-electron chi connectivity index (χ3n) is 3.40. The molecule has 7 nitrogen and oxygen atoms in total. The van der Waals surface area contributed by atoms with E-state index in [0.717, 1.165) is 12.8 Å². The Bertz CT molecular complexity index is 534. The number of aromatic amines is 1. The fourth-order valence-electron chi connectivity index (χ4n) is 2.39. The molecule has 1 atom stereocenters. The molecule has 0 aromatic carbocycles. The number of nitrogens with zero attached hydrogens (tertiary/aromatic N) is 1. The number of primary amides is 1. The maximum absolute atomic E-state index is 12.3. The molecule has 0 saturated carbocycles. The number of carbonyl (C=O) groups is 2. The van der Waals surface area contributed by atoms with Crippen LogP contribution in [0.2, 0.25) is 0 Å². The number of urea groups is 1. The predicted octanol–water partition coefficient (Wildman–Crippen LogP) is -0.105. The highest BCUT2D eigenvalue weighted by Gasteiger charge is 2.24. The summed E-state index contributed by atoms with van der Waals surface area (Å²) in [4.78, 5) is 38.2. The zero-order chi connectivity index (χ0) is 14.5. The van der Waals surface area contributed by atoms with Crippen molar-refractivity contribution < 1.29 is 9.59 Å². The number of piperidine rings is 1. The lowest BCUT2D eigenvalue weighted by molar-refractivity contribution is 0.0674. The van der Waals surface area contributed by atoms with E-state index in [2.05, 4.69) is 10.3 Å². The molecule has 20 heavy (non-hydrogen) atoms. The maximum Gasteiger partial charge on any atom is 0.312 e. The first-order valence-corrected chi connectivity index (χ1v) is 6.57. The van der Waals surface area contributed by atoms with Crippen LogP contribution in [-0.4, -0.2) is 41.5 Å². The molecule has 0 spiro atoms. The lowest BCUT2D eigenvalue weighted by Crippen LogP contribution is -2.44. The Hall–Kier alpha value is -2.31. The summed E-state index contributed by atoms with van der Waals surface area (Å²) in [6, 6.07) is 2.31. The van der Waals surface area contributed by atoms with E-state index in [4.69, 9.17) is 5.73 Å². The summed E-state index contributed by atoms with van der Waals surface area (Å²) in [7, 11) is 0. The Morgan fingerprint density at radius 3 is 2.90 bits per heavy atom. The Morgan fingerprint density at radius 1 is 1.45 bits per heavy atom. The lowest BCUT2D eigenvalue weighted by atomic mass is 9.97. The van der Waals surface area contributed by atoms with E-state index >= 15 is 0 Å². The number of nitrogens with one attached hydrogen (secondary N) is 2. The summed E-state index contributed by atoms with van der Waals surface area (Å²) < 4.78 is 0. The number of hydrogen-bond acceptors (Lipinski definition) is 3. The molecule has 0 aliphatic carbocycles. The van der Waals surface area contributed by atoms with Crippen LogP contribution in [-0.2, 0) is 0 Å². The number of amides is 3. The molecule has 0 bridgehead atoms. The smallest absolute Gasteiger partial charge is 0.312 e. The van der Waals surface area contributed by atoms with Gasteiger partial charge in [-0.15, -0.1) is 0 Å². The monoisotopic (exact) mass is 278 g/mol. The van der Waals surface area contributed by atoms with Crippen molar-refractivity contribution in [3.8, 4) is 0 Å². The van der Waals surface area contributed by atoms with Crippen LogP contribution in [0, 0.1) is 5.92 Å². The van der Waals surface area contributed by atoms with Crippen LogP contribution in [0.15, 0.2) is 23.1 Å². The topological polar surface area (TPSA) is 108 Å². The molecule has 3 amide bonds. The van der Waals surface area contributed by atoms with Gasteiger partial charge in [-0.1, -0.05) is 0 Å².